The van der Waals surface area contributed by atoms with E-state index >= 15 is 0 Å². The standard InChI is InChI=1S/C17H25NO2/c1-4-18-17(13-8-11-7-12(11)9-13)15-6-5-14(19-2)10-16(15)20-3/h5-6,10-13,17-18H,4,7-9H2,1-3H3. The van der Waals surface area contributed by atoms with E-state index < -0.39 is 0 Å². The fraction of sp³-hybridized carbons (Fsp3) is 0.647. The first-order valence-electron chi connectivity index (χ1n) is 7.72. The van der Waals surface area contributed by atoms with E-state index in [1.54, 1.807) is 14.2 Å². The van der Waals surface area contributed by atoms with Crippen LogP contribution in [0.1, 0.15) is 37.8 Å². The molecule has 1 aromatic carbocycles. The Bertz CT molecular complexity index is 464. The lowest BCUT2D eigenvalue weighted by Gasteiger charge is -2.27. The van der Waals surface area contributed by atoms with Crippen LogP contribution >= 0.6 is 0 Å². The van der Waals surface area contributed by atoms with Gasteiger partial charge in [-0.3, -0.25) is 0 Å². The molecule has 3 nitrogen and oxygen atoms in total. The fourth-order valence-corrected chi connectivity index (χ4v) is 3.86. The molecular formula is C17H25NO2. The van der Waals surface area contributed by atoms with Gasteiger partial charge in [0.1, 0.15) is 11.5 Å². The summed E-state index contributed by atoms with van der Waals surface area (Å²) in [7, 11) is 3.44. The van der Waals surface area contributed by atoms with Crippen LogP contribution in [0.2, 0.25) is 0 Å². The summed E-state index contributed by atoms with van der Waals surface area (Å²) in [6.45, 7) is 3.17. The Balaban J connectivity index is 1.86. The molecule has 2 aliphatic rings. The summed E-state index contributed by atoms with van der Waals surface area (Å²) in [5, 5.41) is 3.67. The van der Waals surface area contributed by atoms with Crippen LogP contribution < -0.4 is 14.8 Å². The molecule has 3 rings (SSSR count). The van der Waals surface area contributed by atoms with Gasteiger partial charge < -0.3 is 14.8 Å². The number of ether oxygens (including phenoxy) is 2. The second kappa shape index (κ2) is 5.65. The zero-order valence-electron chi connectivity index (χ0n) is 12.7. The number of methoxy groups -OCH3 is 2. The summed E-state index contributed by atoms with van der Waals surface area (Å²) in [5.41, 5.74) is 1.28. The van der Waals surface area contributed by atoms with Crippen molar-refractivity contribution in [2.24, 2.45) is 17.8 Å². The summed E-state index contributed by atoms with van der Waals surface area (Å²) >= 11 is 0. The van der Waals surface area contributed by atoms with Gasteiger partial charge in [0.15, 0.2) is 0 Å². The minimum absolute atomic E-state index is 0.411. The Morgan fingerprint density at radius 3 is 2.50 bits per heavy atom. The van der Waals surface area contributed by atoms with E-state index in [9.17, 15) is 0 Å². The van der Waals surface area contributed by atoms with Crippen molar-refractivity contribution >= 4 is 0 Å². The minimum atomic E-state index is 0.411. The number of benzene rings is 1. The van der Waals surface area contributed by atoms with Crippen molar-refractivity contribution in [3.8, 4) is 11.5 Å². The van der Waals surface area contributed by atoms with E-state index in [0.29, 0.717) is 6.04 Å². The molecule has 0 spiro atoms. The molecule has 3 unspecified atom stereocenters. The van der Waals surface area contributed by atoms with Crippen LogP contribution in [0, 0.1) is 17.8 Å². The van der Waals surface area contributed by atoms with Crippen molar-refractivity contribution in [1.29, 1.82) is 0 Å². The predicted octanol–water partition coefficient (Wildman–Crippen LogP) is 3.40. The highest BCUT2D eigenvalue weighted by Crippen LogP contribution is 2.57. The third kappa shape index (κ3) is 2.51. The van der Waals surface area contributed by atoms with Gasteiger partial charge in [-0.2, -0.15) is 0 Å². The molecule has 0 bridgehead atoms. The number of fused-ring (bicyclic) bond motifs is 1. The molecule has 3 atom stereocenters. The quantitative estimate of drug-likeness (QED) is 0.863. The molecule has 0 radical (unpaired) electrons. The largest absolute Gasteiger partial charge is 0.497 e. The maximum atomic E-state index is 5.59. The van der Waals surface area contributed by atoms with Crippen LogP contribution in [0.4, 0.5) is 0 Å². The smallest absolute Gasteiger partial charge is 0.127 e. The molecule has 2 saturated carbocycles. The summed E-state index contributed by atoms with van der Waals surface area (Å²) in [6, 6.07) is 6.61. The number of nitrogens with one attached hydrogen (secondary N) is 1. The van der Waals surface area contributed by atoms with Crippen molar-refractivity contribution in [2.45, 2.75) is 32.2 Å². The lowest BCUT2D eigenvalue weighted by atomic mass is 9.88. The Hall–Kier alpha value is -1.22. The number of hydrogen-bond donors (Lipinski definition) is 1. The van der Waals surface area contributed by atoms with Gasteiger partial charge in [0, 0.05) is 17.7 Å². The molecule has 3 heteroatoms. The molecule has 20 heavy (non-hydrogen) atoms. The Labute approximate surface area is 121 Å². The Morgan fingerprint density at radius 1 is 1.15 bits per heavy atom. The molecule has 1 aromatic rings. The van der Waals surface area contributed by atoms with Gasteiger partial charge in [-0.1, -0.05) is 13.0 Å². The van der Waals surface area contributed by atoms with Crippen molar-refractivity contribution in [3.05, 3.63) is 23.8 Å². The van der Waals surface area contributed by atoms with E-state index in [2.05, 4.69) is 18.3 Å². The SMILES string of the molecule is CCNC(c1ccc(OC)cc1OC)C1CC2CC2C1. The van der Waals surface area contributed by atoms with Crippen molar-refractivity contribution in [3.63, 3.8) is 0 Å². The molecule has 0 aliphatic heterocycles. The lowest BCUT2D eigenvalue weighted by Crippen LogP contribution is -2.28. The fourth-order valence-electron chi connectivity index (χ4n) is 3.86. The monoisotopic (exact) mass is 275 g/mol. The van der Waals surface area contributed by atoms with Crippen molar-refractivity contribution in [1.82, 2.24) is 5.32 Å². The van der Waals surface area contributed by atoms with E-state index in [0.717, 1.165) is 35.8 Å². The van der Waals surface area contributed by atoms with Crippen LogP contribution in [0.15, 0.2) is 18.2 Å². The van der Waals surface area contributed by atoms with Crippen LogP contribution in [0.3, 0.4) is 0 Å². The normalized spacial score (nSPS) is 28.9. The summed E-state index contributed by atoms with van der Waals surface area (Å²) < 4.78 is 10.9. The second-order valence-electron chi connectivity index (χ2n) is 6.13. The third-order valence-corrected chi connectivity index (χ3v) is 4.95. The first-order chi connectivity index (χ1) is 9.76. The van der Waals surface area contributed by atoms with Gasteiger partial charge in [0.05, 0.1) is 14.2 Å². The van der Waals surface area contributed by atoms with E-state index in [1.165, 1.54) is 24.8 Å². The first-order valence-corrected chi connectivity index (χ1v) is 7.72. The average molecular weight is 275 g/mol. The molecular weight excluding hydrogens is 250 g/mol. The third-order valence-electron chi connectivity index (χ3n) is 4.95. The van der Waals surface area contributed by atoms with Crippen LogP contribution in [0.5, 0.6) is 11.5 Å². The van der Waals surface area contributed by atoms with Gasteiger partial charge in [0.25, 0.3) is 0 Å². The predicted molar refractivity (Wildman–Crippen MR) is 80.3 cm³/mol. The van der Waals surface area contributed by atoms with Crippen molar-refractivity contribution < 1.29 is 9.47 Å². The zero-order valence-corrected chi connectivity index (χ0v) is 12.7. The second-order valence-corrected chi connectivity index (χ2v) is 6.13. The summed E-state index contributed by atoms with van der Waals surface area (Å²) in [6.07, 6.45) is 4.21. The number of hydrogen-bond acceptors (Lipinski definition) is 3. The average Bonchev–Trinajstić information content (AvgIpc) is 3.10. The maximum Gasteiger partial charge on any atom is 0.127 e. The van der Waals surface area contributed by atoms with Crippen LogP contribution in [-0.2, 0) is 0 Å². The number of rotatable bonds is 6. The van der Waals surface area contributed by atoms with Crippen molar-refractivity contribution in [2.75, 3.05) is 20.8 Å². The highest BCUT2D eigenvalue weighted by Gasteiger charge is 2.48. The first kappa shape index (κ1) is 13.7. The summed E-state index contributed by atoms with van der Waals surface area (Å²) in [5.74, 6) is 4.56. The van der Waals surface area contributed by atoms with Gasteiger partial charge in [-0.05, 0) is 49.6 Å². The highest BCUT2D eigenvalue weighted by molar-refractivity contribution is 5.43. The lowest BCUT2D eigenvalue weighted by molar-refractivity contribution is 0.328. The maximum absolute atomic E-state index is 5.59. The molecule has 0 heterocycles. The molecule has 0 saturated heterocycles. The zero-order chi connectivity index (χ0) is 14.1. The Kier molecular flexibility index (Phi) is 3.88. The molecule has 110 valence electrons. The van der Waals surface area contributed by atoms with E-state index in [1.807, 2.05) is 12.1 Å². The summed E-state index contributed by atoms with van der Waals surface area (Å²) in [4.78, 5) is 0. The van der Waals surface area contributed by atoms with Crippen LogP contribution in [-0.4, -0.2) is 20.8 Å². The van der Waals surface area contributed by atoms with Gasteiger partial charge >= 0.3 is 0 Å². The van der Waals surface area contributed by atoms with E-state index in [-0.39, 0.29) is 0 Å². The van der Waals surface area contributed by atoms with Crippen LogP contribution in [0.25, 0.3) is 0 Å². The topological polar surface area (TPSA) is 30.5 Å². The van der Waals surface area contributed by atoms with Gasteiger partial charge in [-0.15, -0.1) is 0 Å². The van der Waals surface area contributed by atoms with E-state index in [4.69, 9.17) is 9.47 Å². The molecule has 0 aromatic heterocycles. The molecule has 1 N–H and O–H groups in total. The molecule has 0 amide bonds. The molecule has 2 aliphatic carbocycles. The Morgan fingerprint density at radius 2 is 1.90 bits per heavy atom. The van der Waals surface area contributed by atoms with Gasteiger partial charge in [0.2, 0.25) is 0 Å². The highest BCUT2D eigenvalue weighted by atomic mass is 16.5. The minimum Gasteiger partial charge on any atom is -0.497 e. The molecule has 2 fully saturated rings. The van der Waals surface area contributed by atoms with Gasteiger partial charge in [-0.25, -0.2) is 0 Å².